The normalized spacial score (nSPS) is 32.8. The minimum Gasteiger partial charge on any atom is -0.481 e. The summed E-state index contributed by atoms with van der Waals surface area (Å²) in [6, 6.07) is 4.68. The van der Waals surface area contributed by atoms with Crippen LogP contribution in [0.2, 0.25) is 0 Å². The van der Waals surface area contributed by atoms with E-state index in [2.05, 4.69) is 22.5 Å². The molecular formula is C23H27BrN2O6. The van der Waals surface area contributed by atoms with E-state index >= 15 is 0 Å². The van der Waals surface area contributed by atoms with Gasteiger partial charge in [0.2, 0.25) is 5.91 Å². The van der Waals surface area contributed by atoms with Gasteiger partial charge in [-0.25, -0.2) is 0 Å². The first-order chi connectivity index (χ1) is 15.2. The Morgan fingerprint density at radius 2 is 2.03 bits per heavy atom. The molecule has 1 aromatic carbocycles. The van der Waals surface area contributed by atoms with Crippen molar-refractivity contribution < 1.29 is 29.3 Å². The van der Waals surface area contributed by atoms with E-state index in [0.29, 0.717) is 6.42 Å². The SMILES string of the molecule is C=CCN(C(=O)C1N(CCO)C(=O)[C@@H]2[C@H](C(=O)O)[C@H]3OC12CC3Br)c1c(C)cccc1C. The van der Waals surface area contributed by atoms with Crippen molar-refractivity contribution >= 4 is 39.4 Å². The fourth-order valence-corrected chi connectivity index (χ4v) is 6.78. The van der Waals surface area contributed by atoms with Crippen LogP contribution in [0.15, 0.2) is 30.9 Å². The van der Waals surface area contributed by atoms with Crippen LogP contribution in [-0.2, 0) is 19.1 Å². The summed E-state index contributed by atoms with van der Waals surface area (Å²) in [6.45, 7) is 7.40. The third kappa shape index (κ3) is 3.13. The molecular weight excluding hydrogens is 480 g/mol. The number of carboxylic acid groups (broad SMARTS) is 1. The highest BCUT2D eigenvalue weighted by molar-refractivity contribution is 9.09. The Balaban J connectivity index is 1.84. The number of anilines is 1. The zero-order valence-electron chi connectivity index (χ0n) is 18.0. The third-order valence-electron chi connectivity index (χ3n) is 6.94. The average molecular weight is 507 g/mol. The second-order valence-electron chi connectivity index (χ2n) is 8.73. The van der Waals surface area contributed by atoms with Gasteiger partial charge in [-0.15, -0.1) is 6.58 Å². The van der Waals surface area contributed by atoms with Gasteiger partial charge in [0.25, 0.3) is 5.91 Å². The fourth-order valence-electron chi connectivity index (χ4n) is 5.84. The number of carbonyl (C=O) groups excluding carboxylic acids is 2. The topological polar surface area (TPSA) is 107 Å². The van der Waals surface area contributed by atoms with Crippen molar-refractivity contribution in [3.05, 3.63) is 42.0 Å². The second-order valence-corrected chi connectivity index (χ2v) is 9.91. The van der Waals surface area contributed by atoms with Crippen LogP contribution in [0.3, 0.4) is 0 Å². The maximum Gasteiger partial charge on any atom is 0.310 e. The summed E-state index contributed by atoms with van der Waals surface area (Å²) in [5.74, 6) is -3.95. The molecule has 0 saturated carbocycles. The molecule has 3 saturated heterocycles. The largest absolute Gasteiger partial charge is 0.481 e. The third-order valence-corrected chi connectivity index (χ3v) is 7.78. The van der Waals surface area contributed by atoms with Gasteiger partial charge in [0.1, 0.15) is 11.6 Å². The monoisotopic (exact) mass is 506 g/mol. The van der Waals surface area contributed by atoms with E-state index in [4.69, 9.17) is 4.74 Å². The van der Waals surface area contributed by atoms with Crippen molar-refractivity contribution in [2.24, 2.45) is 11.8 Å². The molecule has 0 radical (unpaired) electrons. The van der Waals surface area contributed by atoms with Crippen LogP contribution >= 0.6 is 15.9 Å². The molecule has 1 spiro atoms. The van der Waals surface area contributed by atoms with E-state index in [1.165, 1.54) is 4.90 Å². The van der Waals surface area contributed by atoms with Crippen LogP contribution in [-0.4, -0.2) is 75.2 Å². The van der Waals surface area contributed by atoms with Gasteiger partial charge >= 0.3 is 5.97 Å². The van der Waals surface area contributed by atoms with Crippen LogP contribution in [0, 0.1) is 25.7 Å². The van der Waals surface area contributed by atoms with Crippen molar-refractivity contribution in [2.45, 2.75) is 42.8 Å². The smallest absolute Gasteiger partial charge is 0.310 e. The molecule has 8 nitrogen and oxygen atoms in total. The number of alkyl halides is 1. The molecule has 32 heavy (non-hydrogen) atoms. The number of fused-ring (bicyclic) bond motifs is 1. The van der Waals surface area contributed by atoms with E-state index in [9.17, 15) is 24.6 Å². The molecule has 0 aromatic heterocycles. The number of aliphatic hydroxyl groups excluding tert-OH is 1. The van der Waals surface area contributed by atoms with Crippen LogP contribution in [0.4, 0.5) is 5.69 Å². The first kappa shape index (κ1) is 22.9. The lowest BCUT2D eigenvalue weighted by Crippen LogP contribution is -2.57. The van der Waals surface area contributed by atoms with Crippen molar-refractivity contribution in [3.63, 3.8) is 0 Å². The molecule has 2 N–H and O–H groups in total. The summed E-state index contributed by atoms with van der Waals surface area (Å²) in [5.41, 5.74) is 1.25. The number of carbonyl (C=O) groups is 3. The lowest BCUT2D eigenvalue weighted by Gasteiger charge is -2.37. The maximum atomic E-state index is 14.1. The van der Waals surface area contributed by atoms with Gasteiger partial charge in [0, 0.05) is 23.6 Å². The zero-order valence-corrected chi connectivity index (χ0v) is 19.6. The number of ether oxygens (including phenoxy) is 1. The van der Waals surface area contributed by atoms with Gasteiger partial charge in [-0.1, -0.05) is 40.2 Å². The van der Waals surface area contributed by atoms with Gasteiger partial charge in [-0.2, -0.15) is 0 Å². The number of aliphatic carboxylic acids is 1. The molecule has 3 unspecified atom stereocenters. The number of aliphatic hydroxyl groups is 1. The van der Waals surface area contributed by atoms with E-state index in [-0.39, 0.29) is 30.4 Å². The van der Waals surface area contributed by atoms with Crippen LogP contribution in [0.5, 0.6) is 0 Å². The van der Waals surface area contributed by atoms with E-state index in [1.54, 1.807) is 11.0 Å². The summed E-state index contributed by atoms with van der Waals surface area (Å²) in [7, 11) is 0. The molecule has 2 bridgehead atoms. The van der Waals surface area contributed by atoms with Crippen molar-refractivity contribution in [1.29, 1.82) is 0 Å². The Morgan fingerprint density at radius 1 is 1.38 bits per heavy atom. The Labute approximate surface area is 195 Å². The first-order valence-electron chi connectivity index (χ1n) is 10.6. The summed E-state index contributed by atoms with van der Waals surface area (Å²) < 4.78 is 6.23. The number of benzene rings is 1. The number of nitrogens with zero attached hydrogens (tertiary/aromatic N) is 2. The average Bonchev–Trinajstić information content (AvgIpc) is 3.31. The van der Waals surface area contributed by atoms with Crippen LogP contribution in [0.1, 0.15) is 17.5 Å². The number of aryl methyl sites for hydroxylation is 2. The quantitative estimate of drug-likeness (QED) is 0.430. The lowest BCUT2D eigenvalue weighted by molar-refractivity contribution is -0.149. The molecule has 3 heterocycles. The highest BCUT2D eigenvalue weighted by Gasteiger charge is 2.76. The van der Waals surface area contributed by atoms with Gasteiger partial charge < -0.3 is 24.7 Å². The molecule has 0 aliphatic carbocycles. The van der Waals surface area contributed by atoms with E-state index in [0.717, 1.165) is 16.8 Å². The van der Waals surface area contributed by atoms with Crippen LogP contribution < -0.4 is 4.90 Å². The molecule has 1 aromatic rings. The Morgan fingerprint density at radius 3 is 2.59 bits per heavy atom. The fraction of sp³-hybridized carbons (Fsp3) is 0.522. The summed E-state index contributed by atoms with van der Waals surface area (Å²) in [5, 5.41) is 19.5. The minimum atomic E-state index is -1.26. The number of halogens is 1. The number of para-hydroxylation sites is 1. The molecule has 3 aliphatic rings. The van der Waals surface area contributed by atoms with Crippen molar-refractivity contribution in [2.75, 3.05) is 24.6 Å². The Hall–Kier alpha value is -2.23. The predicted molar refractivity (Wildman–Crippen MR) is 121 cm³/mol. The van der Waals surface area contributed by atoms with Gasteiger partial charge in [0.05, 0.1) is 24.5 Å². The van der Waals surface area contributed by atoms with Gasteiger partial charge in [-0.3, -0.25) is 14.4 Å². The first-order valence-corrected chi connectivity index (χ1v) is 11.6. The molecule has 9 heteroatoms. The molecule has 6 atom stereocenters. The highest BCUT2D eigenvalue weighted by atomic mass is 79.9. The molecule has 3 fully saturated rings. The Bertz CT molecular complexity index is 963. The summed E-state index contributed by atoms with van der Waals surface area (Å²) in [6.07, 6.45) is 1.26. The lowest BCUT2D eigenvalue weighted by atomic mass is 9.70. The molecule has 2 amide bonds. The number of hydrogen-bond donors (Lipinski definition) is 2. The number of rotatable bonds is 7. The summed E-state index contributed by atoms with van der Waals surface area (Å²) >= 11 is 3.52. The molecule has 4 rings (SSSR count). The molecule has 172 valence electrons. The number of β-amino-alcohol motifs (C(OH)–C–C–N with tert-alkyl or cyclic N) is 1. The number of amides is 2. The summed E-state index contributed by atoms with van der Waals surface area (Å²) in [4.78, 5) is 42.2. The van der Waals surface area contributed by atoms with Gasteiger partial charge in [-0.05, 0) is 31.4 Å². The van der Waals surface area contributed by atoms with E-state index < -0.39 is 41.5 Å². The zero-order chi connectivity index (χ0) is 23.4. The number of hydrogen-bond acceptors (Lipinski definition) is 5. The van der Waals surface area contributed by atoms with Crippen molar-refractivity contribution in [1.82, 2.24) is 4.90 Å². The number of likely N-dealkylation sites (tertiary alicyclic amines) is 1. The van der Waals surface area contributed by atoms with E-state index in [1.807, 2.05) is 32.0 Å². The maximum absolute atomic E-state index is 14.1. The molecule has 3 aliphatic heterocycles. The van der Waals surface area contributed by atoms with Crippen molar-refractivity contribution in [3.8, 4) is 0 Å². The minimum absolute atomic E-state index is 0.0739. The second kappa shape index (κ2) is 8.28. The highest BCUT2D eigenvalue weighted by Crippen LogP contribution is 2.60. The predicted octanol–water partition coefficient (Wildman–Crippen LogP) is 1.65. The standard InChI is InChI=1S/C23H27BrN2O6/c1-4-8-25(17-12(2)6-5-7-13(17)3)21(29)19-23-11-14(24)18(32-23)15(22(30)31)16(23)20(28)26(19)9-10-27/h4-7,14-16,18-19,27H,1,8-11H2,2-3H3,(H,30,31)/t14?,15-,16-,18-,19?,23?/m0/s1. The Kier molecular flexibility index (Phi) is 5.94. The van der Waals surface area contributed by atoms with Gasteiger partial charge in [0.15, 0.2) is 0 Å². The number of carboxylic acids is 1. The van der Waals surface area contributed by atoms with Crippen LogP contribution in [0.25, 0.3) is 0 Å².